The Morgan fingerprint density at radius 3 is 2.70 bits per heavy atom. The number of nitrogens with one attached hydrogen (secondary N) is 1. The minimum absolute atomic E-state index is 0.00712. The van der Waals surface area contributed by atoms with Crippen LogP contribution in [-0.4, -0.2) is 23.2 Å². The molecule has 0 radical (unpaired) electrons. The molecule has 20 heavy (non-hydrogen) atoms. The van der Waals surface area contributed by atoms with Gasteiger partial charge in [0.1, 0.15) is 0 Å². The van der Waals surface area contributed by atoms with Crippen molar-refractivity contribution in [3.8, 4) is 0 Å². The highest BCUT2D eigenvalue weighted by Crippen LogP contribution is 2.32. The quantitative estimate of drug-likeness (QED) is 0.741. The zero-order chi connectivity index (χ0) is 14.8. The number of carbonyl (C=O) groups excluding carboxylic acids is 1. The Labute approximate surface area is 120 Å². The molecule has 4 nitrogen and oxygen atoms in total. The van der Waals surface area contributed by atoms with Crippen LogP contribution in [-0.2, 0) is 0 Å². The number of rotatable bonds is 3. The fraction of sp³-hybridized carbons (Fsp3) is 0.562. The zero-order valence-electron chi connectivity index (χ0n) is 12.3. The minimum Gasteiger partial charge on any atom is -0.398 e. The molecule has 0 unspecified atom stereocenters. The van der Waals surface area contributed by atoms with E-state index < -0.39 is 5.54 Å². The molecule has 4 heteroatoms. The highest BCUT2D eigenvalue weighted by molar-refractivity contribution is 5.97. The van der Waals surface area contributed by atoms with Gasteiger partial charge in [-0.1, -0.05) is 13.0 Å². The molecule has 1 amide bonds. The maximum absolute atomic E-state index is 12.5. The van der Waals surface area contributed by atoms with Crippen LogP contribution in [0, 0.1) is 12.8 Å². The molecule has 1 aromatic rings. The van der Waals surface area contributed by atoms with Crippen LogP contribution in [0.5, 0.6) is 0 Å². The Morgan fingerprint density at radius 1 is 1.45 bits per heavy atom. The van der Waals surface area contributed by atoms with E-state index in [9.17, 15) is 9.90 Å². The predicted octanol–water partition coefficient (Wildman–Crippen LogP) is 2.25. The van der Waals surface area contributed by atoms with Crippen LogP contribution in [0.4, 0.5) is 5.69 Å². The number of aliphatic hydroxyl groups is 1. The first-order valence-corrected chi connectivity index (χ1v) is 7.26. The van der Waals surface area contributed by atoms with Gasteiger partial charge < -0.3 is 16.2 Å². The Hall–Kier alpha value is -1.55. The van der Waals surface area contributed by atoms with E-state index in [-0.39, 0.29) is 12.5 Å². The first kappa shape index (κ1) is 14.9. The van der Waals surface area contributed by atoms with Gasteiger partial charge >= 0.3 is 0 Å². The average Bonchev–Trinajstić information content (AvgIpc) is 2.44. The van der Waals surface area contributed by atoms with E-state index in [2.05, 4.69) is 12.2 Å². The largest absolute Gasteiger partial charge is 0.398 e. The number of nitrogens with two attached hydrogens (primary N) is 1. The second-order valence-corrected chi connectivity index (χ2v) is 6.09. The van der Waals surface area contributed by atoms with E-state index in [1.54, 1.807) is 18.2 Å². The maximum Gasteiger partial charge on any atom is 0.252 e. The van der Waals surface area contributed by atoms with Gasteiger partial charge in [0.2, 0.25) is 0 Å². The van der Waals surface area contributed by atoms with Crippen molar-refractivity contribution in [2.24, 2.45) is 5.92 Å². The van der Waals surface area contributed by atoms with E-state index in [4.69, 9.17) is 5.73 Å². The number of anilines is 1. The minimum atomic E-state index is -0.472. The summed E-state index contributed by atoms with van der Waals surface area (Å²) >= 11 is 0. The van der Waals surface area contributed by atoms with Gasteiger partial charge in [0.05, 0.1) is 12.1 Å². The lowest BCUT2D eigenvalue weighted by Gasteiger charge is -2.38. The van der Waals surface area contributed by atoms with Crippen molar-refractivity contribution in [2.45, 2.75) is 45.1 Å². The fourth-order valence-corrected chi connectivity index (χ4v) is 2.85. The van der Waals surface area contributed by atoms with Crippen molar-refractivity contribution in [1.82, 2.24) is 5.32 Å². The molecule has 1 aromatic carbocycles. The van der Waals surface area contributed by atoms with Gasteiger partial charge in [-0.3, -0.25) is 4.79 Å². The van der Waals surface area contributed by atoms with Crippen LogP contribution in [0.15, 0.2) is 18.2 Å². The molecule has 0 atom stereocenters. The molecule has 1 aliphatic carbocycles. The maximum atomic E-state index is 12.5. The van der Waals surface area contributed by atoms with Gasteiger partial charge in [-0.25, -0.2) is 0 Å². The fourth-order valence-electron chi connectivity index (χ4n) is 2.85. The summed E-state index contributed by atoms with van der Waals surface area (Å²) in [7, 11) is 0. The molecule has 0 aromatic heterocycles. The monoisotopic (exact) mass is 276 g/mol. The van der Waals surface area contributed by atoms with Gasteiger partial charge in [-0.05, 0) is 56.2 Å². The Bertz CT molecular complexity index is 491. The van der Waals surface area contributed by atoms with Crippen molar-refractivity contribution in [2.75, 3.05) is 12.3 Å². The highest BCUT2D eigenvalue weighted by atomic mass is 16.3. The molecule has 2 rings (SSSR count). The summed E-state index contributed by atoms with van der Waals surface area (Å²) in [6.45, 7) is 4.05. The second-order valence-electron chi connectivity index (χ2n) is 6.09. The summed E-state index contributed by atoms with van der Waals surface area (Å²) in [4.78, 5) is 12.5. The van der Waals surface area contributed by atoms with Crippen LogP contribution >= 0.6 is 0 Å². The molecule has 0 bridgehead atoms. The lowest BCUT2D eigenvalue weighted by Crippen LogP contribution is -2.53. The first-order valence-electron chi connectivity index (χ1n) is 7.26. The lowest BCUT2D eigenvalue weighted by atomic mass is 9.77. The number of amides is 1. The van der Waals surface area contributed by atoms with Crippen LogP contribution in [0.25, 0.3) is 0 Å². The van der Waals surface area contributed by atoms with Crippen molar-refractivity contribution < 1.29 is 9.90 Å². The van der Waals surface area contributed by atoms with Crippen LogP contribution < -0.4 is 11.1 Å². The third-order valence-electron chi connectivity index (χ3n) is 4.53. The van der Waals surface area contributed by atoms with Gasteiger partial charge in [0.25, 0.3) is 5.91 Å². The van der Waals surface area contributed by atoms with Crippen molar-refractivity contribution in [3.05, 3.63) is 29.3 Å². The summed E-state index contributed by atoms with van der Waals surface area (Å²) in [6.07, 6.45) is 3.74. The van der Waals surface area contributed by atoms with Crippen LogP contribution in [0.1, 0.15) is 48.5 Å². The second kappa shape index (κ2) is 5.83. The summed E-state index contributed by atoms with van der Waals surface area (Å²) in [5.41, 5.74) is 7.38. The lowest BCUT2D eigenvalue weighted by molar-refractivity contribution is 0.0716. The number of nitrogen functional groups attached to an aromatic ring is 1. The number of hydrogen-bond acceptors (Lipinski definition) is 3. The third-order valence-corrected chi connectivity index (χ3v) is 4.53. The molecule has 1 fully saturated rings. The summed E-state index contributed by atoms with van der Waals surface area (Å²) in [6, 6.07) is 5.35. The van der Waals surface area contributed by atoms with Gasteiger partial charge in [-0.15, -0.1) is 0 Å². The first-order chi connectivity index (χ1) is 9.47. The summed E-state index contributed by atoms with van der Waals surface area (Å²) in [5, 5.41) is 12.8. The van der Waals surface area contributed by atoms with E-state index in [1.807, 2.05) is 6.92 Å². The van der Waals surface area contributed by atoms with Crippen LogP contribution in [0.2, 0.25) is 0 Å². The van der Waals surface area contributed by atoms with E-state index in [1.165, 1.54) is 0 Å². The number of hydrogen-bond donors (Lipinski definition) is 3. The Kier molecular flexibility index (Phi) is 4.33. The highest BCUT2D eigenvalue weighted by Gasteiger charge is 2.35. The van der Waals surface area contributed by atoms with E-state index in [0.29, 0.717) is 17.2 Å². The molecule has 110 valence electrons. The van der Waals surface area contributed by atoms with Gasteiger partial charge in [-0.2, -0.15) is 0 Å². The van der Waals surface area contributed by atoms with Crippen molar-refractivity contribution in [1.29, 1.82) is 0 Å². The predicted molar refractivity (Wildman–Crippen MR) is 80.5 cm³/mol. The summed E-state index contributed by atoms with van der Waals surface area (Å²) in [5.74, 6) is 0.527. The Balaban J connectivity index is 2.15. The summed E-state index contributed by atoms with van der Waals surface area (Å²) < 4.78 is 0. The SMILES string of the molecule is Cc1c(N)cccc1C(=O)NC1(CO)CCC(C)CC1. The molecule has 0 spiro atoms. The molecular formula is C16H24N2O2. The van der Waals surface area contributed by atoms with E-state index in [0.717, 1.165) is 31.2 Å². The standard InChI is InChI=1S/C16H24N2O2/c1-11-6-8-16(10-19,9-7-11)18-15(20)13-4-3-5-14(17)12(13)2/h3-5,11,19H,6-10,17H2,1-2H3,(H,18,20). The zero-order valence-corrected chi connectivity index (χ0v) is 12.3. The number of aliphatic hydroxyl groups excluding tert-OH is 1. The van der Waals surface area contributed by atoms with Crippen molar-refractivity contribution >= 4 is 11.6 Å². The number of carbonyl (C=O) groups is 1. The molecule has 0 heterocycles. The Morgan fingerprint density at radius 2 is 2.10 bits per heavy atom. The number of benzene rings is 1. The smallest absolute Gasteiger partial charge is 0.252 e. The topological polar surface area (TPSA) is 75.4 Å². The molecule has 0 saturated heterocycles. The van der Waals surface area contributed by atoms with Crippen LogP contribution in [0.3, 0.4) is 0 Å². The normalized spacial score (nSPS) is 26.2. The molecule has 1 aliphatic rings. The molecule has 4 N–H and O–H groups in total. The molecule has 1 saturated carbocycles. The van der Waals surface area contributed by atoms with E-state index >= 15 is 0 Å². The third kappa shape index (κ3) is 2.96. The average molecular weight is 276 g/mol. The van der Waals surface area contributed by atoms with Gasteiger partial charge in [0.15, 0.2) is 0 Å². The van der Waals surface area contributed by atoms with Gasteiger partial charge in [0, 0.05) is 11.3 Å². The molecular weight excluding hydrogens is 252 g/mol. The van der Waals surface area contributed by atoms with Crippen molar-refractivity contribution in [3.63, 3.8) is 0 Å². The molecule has 0 aliphatic heterocycles.